The molecule has 3 heteroatoms. The lowest BCUT2D eigenvalue weighted by Gasteiger charge is -2.23. The maximum Gasteiger partial charge on any atom is 0.124 e. The molecular weight excluding hydrogens is 250 g/mol. The number of rotatable bonds is 9. The Kier molecular flexibility index (Phi) is 7.63. The van der Waals surface area contributed by atoms with Gasteiger partial charge in [-0.05, 0) is 39.3 Å². The van der Waals surface area contributed by atoms with E-state index in [4.69, 9.17) is 9.47 Å². The van der Waals surface area contributed by atoms with Crippen molar-refractivity contribution in [3.63, 3.8) is 0 Å². The van der Waals surface area contributed by atoms with Gasteiger partial charge in [0.2, 0.25) is 0 Å². The standard InChI is InChI=1S/C17H29NO2/c1-6-19-17-10-8-7-9-15(17)16(18-5)12-20-14(4)11-13(2)3/h7-10,13-14,16,18H,6,11-12H2,1-5H3. The van der Waals surface area contributed by atoms with Crippen LogP contribution in [-0.2, 0) is 4.74 Å². The molecule has 1 N–H and O–H groups in total. The topological polar surface area (TPSA) is 30.5 Å². The van der Waals surface area contributed by atoms with Crippen molar-refractivity contribution in [3.8, 4) is 5.75 Å². The summed E-state index contributed by atoms with van der Waals surface area (Å²) in [6, 6.07) is 8.32. The highest BCUT2D eigenvalue weighted by molar-refractivity contribution is 5.36. The van der Waals surface area contributed by atoms with Crippen molar-refractivity contribution >= 4 is 0 Å². The monoisotopic (exact) mass is 279 g/mol. The van der Waals surface area contributed by atoms with E-state index < -0.39 is 0 Å². The molecule has 1 aromatic rings. The minimum absolute atomic E-state index is 0.160. The number of para-hydroxylation sites is 1. The second-order valence-corrected chi connectivity index (χ2v) is 5.59. The fourth-order valence-electron chi connectivity index (χ4n) is 2.38. The van der Waals surface area contributed by atoms with Crippen LogP contribution < -0.4 is 10.1 Å². The van der Waals surface area contributed by atoms with Gasteiger partial charge in [0.25, 0.3) is 0 Å². The lowest BCUT2D eigenvalue weighted by atomic mass is 10.1. The molecule has 0 aliphatic rings. The van der Waals surface area contributed by atoms with Gasteiger partial charge in [0, 0.05) is 5.56 Å². The van der Waals surface area contributed by atoms with Crippen LogP contribution in [0.5, 0.6) is 5.75 Å². The van der Waals surface area contributed by atoms with Crippen LogP contribution in [0.2, 0.25) is 0 Å². The third-order valence-electron chi connectivity index (χ3n) is 3.29. The second-order valence-electron chi connectivity index (χ2n) is 5.59. The molecule has 0 aliphatic carbocycles. The van der Waals surface area contributed by atoms with Crippen molar-refractivity contribution in [2.45, 2.75) is 46.3 Å². The summed E-state index contributed by atoms with van der Waals surface area (Å²) in [6.45, 7) is 9.93. The largest absolute Gasteiger partial charge is 0.494 e. The van der Waals surface area contributed by atoms with Gasteiger partial charge in [-0.25, -0.2) is 0 Å². The first-order valence-electron chi connectivity index (χ1n) is 7.59. The zero-order chi connectivity index (χ0) is 15.0. The van der Waals surface area contributed by atoms with E-state index in [1.807, 2.05) is 32.2 Å². The van der Waals surface area contributed by atoms with E-state index in [-0.39, 0.29) is 12.1 Å². The van der Waals surface area contributed by atoms with Crippen molar-refractivity contribution in [2.24, 2.45) is 5.92 Å². The fraction of sp³-hybridized carbons (Fsp3) is 0.647. The van der Waals surface area contributed by atoms with Crippen LogP contribution in [-0.4, -0.2) is 26.4 Å². The first kappa shape index (κ1) is 17.0. The van der Waals surface area contributed by atoms with E-state index in [1.54, 1.807) is 0 Å². The summed E-state index contributed by atoms with van der Waals surface area (Å²) in [6.07, 6.45) is 1.37. The first-order valence-corrected chi connectivity index (χ1v) is 7.59. The summed E-state index contributed by atoms with van der Waals surface area (Å²) < 4.78 is 11.7. The molecule has 20 heavy (non-hydrogen) atoms. The van der Waals surface area contributed by atoms with E-state index in [0.29, 0.717) is 19.1 Å². The molecule has 2 unspecified atom stereocenters. The van der Waals surface area contributed by atoms with Gasteiger partial charge in [-0.3, -0.25) is 0 Å². The van der Waals surface area contributed by atoms with Crippen molar-refractivity contribution in [3.05, 3.63) is 29.8 Å². The number of hydrogen-bond acceptors (Lipinski definition) is 3. The van der Waals surface area contributed by atoms with E-state index in [1.165, 1.54) is 0 Å². The lowest BCUT2D eigenvalue weighted by molar-refractivity contribution is 0.0378. The summed E-state index contributed by atoms with van der Waals surface area (Å²) in [4.78, 5) is 0. The number of ether oxygens (including phenoxy) is 2. The molecule has 0 spiro atoms. The minimum Gasteiger partial charge on any atom is -0.494 e. The molecule has 0 aromatic heterocycles. The summed E-state index contributed by atoms with van der Waals surface area (Å²) in [7, 11) is 1.96. The predicted molar refractivity (Wildman–Crippen MR) is 84.3 cm³/mol. The summed E-state index contributed by atoms with van der Waals surface area (Å²) >= 11 is 0. The van der Waals surface area contributed by atoms with Crippen LogP contribution in [0, 0.1) is 5.92 Å². The molecule has 0 aliphatic heterocycles. The van der Waals surface area contributed by atoms with Crippen LogP contribution in [0.4, 0.5) is 0 Å². The van der Waals surface area contributed by atoms with E-state index in [9.17, 15) is 0 Å². The first-order chi connectivity index (χ1) is 9.58. The van der Waals surface area contributed by atoms with Gasteiger partial charge in [-0.15, -0.1) is 0 Å². The Bertz CT molecular complexity index is 379. The highest BCUT2D eigenvalue weighted by Gasteiger charge is 2.16. The van der Waals surface area contributed by atoms with Crippen molar-refractivity contribution in [1.29, 1.82) is 0 Å². The van der Waals surface area contributed by atoms with Crippen LogP contribution in [0.15, 0.2) is 24.3 Å². The zero-order valence-electron chi connectivity index (χ0n) is 13.5. The third kappa shape index (κ3) is 5.51. The van der Waals surface area contributed by atoms with Gasteiger partial charge in [-0.1, -0.05) is 32.0 Å². The van der Waals surface area contributed by atoms with Crippen LogP contribution >= 0.6 is 0 Å². The maximum atomic E-state index is 5.98. The van der Waals surface area contributed by atoms with Gasteiger partial charge < -0.3 is 14.8 Å². The predicted octanol–water partition coefficient (Wildman–Crippen LogP) is 3.80. The Hall–Kier alpha value is -1.06. The van der Waals surface area contributed by atoms with Crippen molar-refractivity contribution in [1.82, 2.24) is 5.32 Å². The normalized spacial score (nSPS) is 14.3. The van der Waals surface area contributed by atoms with E-state index >= 15 is 0 Å². The Labute approximate surface area is 123 Å². The average molecular weight is 279 g/mol. The van der Waals surface area contributed by atoms with Gasteiger partial charge in [0.1, 0.15) is 5.75 Å². The van der Waals surface area contributed by atoms with Crippen LogP contribution in [0.3, 0.4) is 0 Å². The average Bonchev–Trinajstić information content (AvgIpc) is 2.40. The molecule has 0 saturated carbocycles. The minimum atomic E-state index is 0.160. The number of benzene rings is 1. The lowest BCUT2D eigenvalue weighted by Crippen LogP contribution is -2.25. The molecular formula is C17H29NO2. The fourth-order valence-corrected chi connectivity index (χ4v) is 2.38. The molecule has 0 amide bonds. The number of hydrogen-bond donors (Lipinski definition) is 1. The van der Waals surface area contributed by atoms with Crippen molar-refractivity contribution < 1.29 is 9.47 Å². The third-order valence-corrected chi connectivity index (χ3v) is 3.29. The second kappa shape index (κ2) is 8.98. The molecule has 3 nitrogen and oxygen atoms in total. The Morgan fingerprint density at radius 2 is 1.85 bits per heavy atom. The number of nitrogens with one attached hydrogen (secondary N) is 1. The molecule has 0 fully saturated rings. The Balaban J connectivity index is 2.66. The molecule has 0 radical (unpaired) electrons. The summed E-state index contributed by atoms with van der Waals surface area (Å²) in [5.41, 5.74) is 1.16. The van der Waals surface area contributed by atoms with Crippen molar-refractivity contribution in [2.75, 3.05) is 20.3 Å². The van der Waals surface area contributed by atoms with Crippen LogP contribution in [0.25, 0.3) is 0 Å². The quantitative estimate of drug-likeness (QED) is 0.746. The summed E-state index contributed by atoms with van der Waals surface area (Å²) in [5.74, 6) is 1.60. The molecule has 114 valence electrons. The maximum absolute atomic E-state index is 5.98. The Morgan fingerprint density at radius 3 is 2.45 bits per heavy atom. The SMILES string of the molecule is CCOc1ccccc1C(COC(C)CC(C)C)NC. The molecule has 2 atom stereocenters. The van der Waals surface area contributed by atoms with E-state index in [0.717, 1.165) is 17.7 Å². The smallest absolute Gasteiger partial charge is 0.124 e. The Morgan fingerprint density at radius 1 is 1.15 bits per heavy atom. The van der Waals surface area contributed by atoms with Gasteiger partial charge in [0.05, 0.1) is 25.4 Å². The zero-order valence-corrected chi connectivity index (χ0v) is 13.5. The molecule has 0 bridgehead atoms. The van der Waals surface area contributed by atoms with E-state index in [2.05, 4.69) is 32.2 Å². The highest BCUT2D eigenvalue weighted by Crippen LogP contribution is 2.25. The highest BCUT2D eigenvalue weighted by atomic mass is 16.5. The molecule has 0 saturated heterocycles. The van der Waals surface area contributed by atoms with Gasteiger partial charge in [0.15, 0.2) is 0 Å². The number of likely N-dealkylation sites (N-methyl/N-ethyl adjacent to an activating group) is 1. The summed E-state index contributed by atoms with van der Waals surface area (Å²) in [5, 5.41) is 3.32. The molecule has 1 rings (SSSR count). The van der Waals surface area contributed by atoms with Gasteiger partial charge in [-0.2, -0.15) is 0 Å². The molecule has 0 heterocycles. The van der Waals surface area contributed by atoms with Crippen LogP contribution in [0.1, 0.15) is 45.7 Å². The molecule has 1 aromatic carbocycles. The van der Waals surface area contributed by atoms with Gasteiger partial charge >= 0.3 is 0 Å².